The molecule has 0 saturated heterocycles. The zero-order valence-corrected chi connectivity index (χ0v) is 22.3. The normalized spacial score (nSPS) is 13.0. The van der Waals surface area contributed by atoms with Gasteiger partial charge in [-0.2, -0.15) is 8.42 Å². The van der Waals surface area contributed by atoms with Crippen LogP contribution in [0, 0.1) is 0 Å². The minimum absolute atomic E-state index is 0.0631. The summed E-state index contributed by atoms with van der Waals surface area (Å²) in [6, 6.07) is 8.90. The summed E-state index contributed by atoms with van der Waals surface area (Å²) >= 11 is 0. The van der Waals surface area contributed by atoms with E-state index in [1.165, 1.54) is 12.1 Å². The van der Waals surface area contributed by atoms with Crippen LogP contribution in [-0.2, 0) is 20.9 Å². The van der Waals surface area contributed by atoms with Gasteiger partial charge in [0.2, 0.25) is 0 Å². The number of hydrogen-bond acceptors (Lipinski definition) is 4. The summed E-state index contributed by atoms with van der Waals surface area (Å²) in [7, 11) is -4.44. The van der Waals surface area contributed by atoms with E-state index in [9.17, 15) is 17.8 Å². The Bertz CT molecular complexity index is 1120. The van der Waals surface area contributed by atoms with Crippen molar-refractivity contribution in [2.24, 2.45) is 0 Å². The lowest BCUT2D eigenvalue weighted by Gasteiger charge is -2.27. The monoisotopic (exact) mass is 474 g/mol. The van der Waals surface area contributed by atoms with Crippen molar-refractivity contribution in [1.29, 1.82) is 0 Å². The average molecular weight is 475 g/mol. The second kappa shape index (κ2) is 9.22. The van der Waals surface area contributed by atoms with Crippen molar-refractivity contribution in [3.05, 3.63) is 58.1 Å². The predicted octanol–water partition coefficient (Wildman–Crippen LogP) is 6.99. The molecule has 0 fully saturated rings. The van der Waals surface area contributed by atoms with E-state index in [4.69, 9.17) is 4.74 Å². The number of esters is 1. The lowest BCUT2D eigenvalue weighted by atomic mass is 9.78. The van der Waals surface area contributed by atoms with Gasteiger partial charge in [-0.15, -0.1) is 0 Å². The lowest BCUT2D eigenvalue weighted by molar-refractivity contribution is 0.0731. The topological polar surface area (TPSA) is 80.7 Å². The molecule has 0 saturated carbocycles. The Morgan fingerprint density at radius 3 is 1.70 bits per heavy atom. The highest BCUT2D eigenvalue weighted by Gasteiger charge is 2.28. The first-order valence-electron chi connectivity index (χ1n) is 11.4. The molecule has 0 bridgehead atoms. The molecule has 0 aliphatic heterocycles. The molecule has 0 aliphatic rings. The molecule has 0 amide bonds. The Morgan fingerprint density at radius 2 is 1.33 bits per heavy atom. The number of rotatable bonds is 5. The van der Waals surface area contributed by atoms with E-state index < -0.39 is 16.1 Å². The van der Waals surface area contributed by atoms with Gasteiger partial charge in [-0.3, -0.25) is 4.55 Å². The highest BCUT2D eigenvalue weighted by molar-refractivity contribution is 7.86. The maximum absolute atomic E-state index is 13.3. The highest BCUT2D eigenvalue weighted by atomic mass is 32.2. The fourth-order valence-electron chi connectivity index (χ4n) is 3.83. The van der Waals surface area contributed by atoms with Crippen molar-refractivity contribution < 1.29 is 22.5 Å². The van der Waals surface area contributed by atoms with Gasteiger partial charge < -0.3 is 4.74 Å². The molecule has 5 nitrogen and oxygen atoms in total. The van der Waals surface area contributed by atoms with Crippen LogP contribution in [0.4, 0.5) is 0 Å². The molecule has 0 radical (unpaired) electrons. The number of ether oxygens (including phenoxy) is 1. The van der Waals surface area contributed by atoms with Gasteiger partial charge in [0, 0.05) is 0 Å². The Balaban J connectivity index is 2.64. The van der Waals surface area contributed by atoms with Crippen LogP contribution < -0.4 is 4.74 Å². The van der Waals surface area contributed by atoms with Crippen molar-refractivity contribution in [3.8, 4) is 5.75 Å². The first-order chi connectivity index (χ1) is 14.8. The molecule has 33 heavy (non-hydrogen) atoms. The summed E-state index contributed by atoms with van der Waals surface area (Å²) in [5, 5.41) is 0. The minimum Gasteiger partial charge on any atom is -0.423 e. The quantitative estimate of drug-likeness (QED) is 0.287. The zero-order chi connectivity index (χ0) is 25.5. The fraction of sp³-hybridized carbons (Fsp3) is 0.519. The molecule has 0 spiro atoms. The summed E-state index contributed by atoms with van der Waals surface area (Å²) in [5.74, 6) is -0.632. The summed E-state index contributed by atoms with van der Waals surface area (Å²) in [5.41, 5.74) is 3.00. The molecule has 2 aromatic rings. The maximum Gasteiger partial charge on any atom is 0.343 e. The van der Waals surface area contributed by atoms with Gasteiger partial charge in [0.15, 0.2) is 0 Å². The van der Waals surface area contributed by atoms with E-state index in [0.717, 1.165) is 11.1 Å². The van der Waals surface area contributed by atoms with E-state index in [-0.39, 0.29) is 33.3 Å². The van der Waals surface area contributed by atoms with E-state index in [1.807, 2.05) is 39.8 Å². The molecule has 0 atom stereocenters. The van der Waals surface area contributed by atoms with Crippen LogP contribution in [0.1, 0.15) is 114 Å². The van der Waals surface area contributed by atoms with Crippen molar-refractivity contribution in [3.63, 3.8) is 0 Å². The number of carbonyl (C=O) groups excluding carboxylic acids is 1. The van der Waals surface area contributed by atoms with E-state index in [1.54, 1.807) is 0 Å². The number of hydrogen-bond donors (Lipinski definition) is 1. The first kappa shape index (κ1) is 27.1. The maximum atomic E-state index is 13.3. The van der Waals surface area contributed by atoms with Gasteiger partial charge >= 0.3 is 5.97 Å². The smallest absolute Gasteiger partial charge is 0.343 e. The number of carbonyl (C=O) groups is 1. The van der Waals surface area contributed by atoms with E-state index in [2.05, 4.69) is 47.6 Å². The Labute approximate surface area is 199 Å². The summed E-state index contributed by atoms with van der Waals surface area (Å²) in [4.78, 5) is 13.2. The molecule has 1 N–H and O–H groups in total. The third-order valence-corrected chi connectivity index (χ3v) is 6.73. The van der Waals surface area contributed by atoms with Gasteiger partial charge in [0.25, 0.3) is 10.1 Å². The van der Waals surface area contributed by atoms with Gasteiger partial charge in [0.05, 0.1) is 5.56 Å². The summed E-state index contributed by atoms with van der Waals surface area (Å²) < 4.78 is 40.0. The molecule has 182 valence electrons. The standard InChI is InChI=1S/C27H38O5S/c1-16(2)21-14-19(15-22(17(3)4)24(21)33(29,30)31)32-25(28)20-12-11-18(26(5,6)7)13-23(20)27(8,9)10/h11-17H,1-10H3,(H,29,30,31). The van der Waals surface area contributed by atoms with Crippen molar-refractivity contribution in [2.75, 3.05) is 0 Å². The Morgan fingerprint density at radius 1 is 0.848 bits per heavy atom. The van der Waals surface area contributed by atoms with Crippen molar-refractivity contribution >= 4 is 16.1 Å². The Kier molecular flexibility index (Phi) is 7.57. The SMILES string of the molecule is CC(C)c1cc(OC(=O)c2ccc(C(C)(C)C)cc2C(C)(C)C)cc(C(C)C)c1S(=O)(=O)O. The Hall–Kier alpha value is -2.18. The third kappa shape index (κ3) is 6.24. The van der Waals surface area contributed by atoms with Crippen LogP contribution in [0.25, 0.3) is 0 Å². The minimum atomic E-state index is -4.44. The molecule has 2 aromatic carbocycles. The first-order valence-corrected chi connectivity index (χ1v) is 12.8. The van der Waals surface area contributed by atoms with Gasteiger partial charge in [0.1, 0.15) is 10.6 Å². The van der Waals surface area contributed by atoms with Crippen molar-refractivity contribution in [2.45, 2.75) is 96.8 Å². The molecule has 0 aliphatic carbocycles. The molecule has 2 rings (SSSR count). The van der Waals surface area contributed by atoms with E-state index >= 15 is 0 Å². The van der Waals surface area contributed by atoms with Crippen LogP contribution >= 0.6 is 0 Å². The highest BCUT2D eigenvalue weighted by Crippen LogP contribution is 2.37. The average Bonchev–Trinajstić information content (AvgIpc) is 2.64. The molecular formula is C27H38O5S. The van der Waals surface area contributed by atoms with Crippen LogP contribution in [0.5, 0.6) is 5.75 Å². The third-order valence-electron chi connectivity index (χ3n) is 5.75. The van der Waals surface area contributed by atoms with Crippen LogP contribution in [0.3, 0.4) is 0 Å². The van der Waals surface area contributed by atoms with Crippen molar-refractivity contribution in [1.82, 2.24) is 0 Å². The van der Waals surface area contributed by atoms with Gasteiger partial charge in [-0.1, -0.05) is 81.4 Å². The fourth-order valence-corrected chi connectivity index (χ4v) is 5.02. The summed E-state index contributed by atoms with van der Waals surface area (Å²) in [6.07, 6.45) is 0. The molecule has 0 heterocycles. The zero-order valence-electron chi connectivity index (χ0n) is 21.5. The molecule has 0 unspecified atom stereocenters. The molecule has 6 heteroatoms. The number of benzene rings is 2. The van der Waals surface area contributed by atoms with Crippen LogP contribution in [-0.4, -0.2) is 18.9 Å². The predicted molar refractivity (Wildman–Crippen MR) is 133 cm³/mol. The lowest BCUT2D eigenvalue weighted by Crippen LogP contribution is -2.22. The second-order valence-corrected chi connectivity index (χ2v) is 12.7. The largest absolute Gasteiger partial charge is 0.423 e. The van der Waals surface area contributed by atoms with E-state index in [0.29, 0.717) is 16.7 Å². The van der Waals surface area contributed by atoms with Crippen LogP contribution in [0.15, 0.2) is 35.2 Å². The van der Waals surface area contributed by atoms with Crippen LogP contribution in [0.2, 0.25) is 0 Å². The second-order valence-electron chi connectivity index (χ2n) is 11.4. The van der Waals surface area contributed by atoms with Gasteiger partial charge in [-0.25, -0.2) is 4.79 Å². The molecular weight excluding hydrogens is 436 g/mol. The molecule has 0 aromatic heterocycles. The summed E-state index contributed by atoms with van der Waals surface area (Å²) in [6.45, 7) is 19.9. The van der Waals surface area contributed by atoms with Gasteiger partial charge in [-0.05, 0) is 63.1 Å².